The summed E-state index contributed by atoms with van der Waals surface area (Å²) in [6.45, 7) is 0.646. The van der Waals surface area contributed by atoms with E-state index < -0.39 is 0 Å². The molecule has 1 aromatic carbocycles. The van der Waals surface area contributed by atoms with Crippen LogP contribution in [0.4, 0.5) is 0 Å². The van der Waals surface area contributed by atoms with Gasteiger partial charge in [0.2, 0.25) is 0 Å². The minimum absolute atomic E-state index is 0.0263. The second kappa shape index (κ2) is 5.15. The van der Waals surface area contributed by atoms with E-state index in [0.29, 0.717) is 17.0 Å². The molecular weight excluding hydrogens is 280 g/mol. The summed E-state index contributed by atoms with van der Waals surface area (Å²) in [5.41, 5.74) is 1.02. The number of benzene rings is 1. The van der Waals surface area contributed by atoms with Crippen molar-refractivity contribution in [3.8, 4) is 0 Å². The summed E-state index contributed by atoms with van der Waals surface area (Å²) < 4.78 is 2.73. The molecule has 0 saturated heterocycles. The van der Waals surface area contributed by atoms with E-state index in [0.717, 1.165) is 16.8 Å². The fourth-order valence-electron chi connectivity index (χ4n) is 1.95. The number of hydrogen-bond donors (Lipinski definition) is 0. The third-order valence-electron chi connectivity index (χ3n) is 2.90. The normalized spacial score (nSPS) is 11.0. The Morgan fingerprint density at radius 2 is 2.16 bits per heavy atom. The van der Waals surface area contributed by atoms with E-state index in [1.54, 1.807) is 16.2 Å². The zero-order valence-electron chi connectivity index (χ0n) is 10.0. The standard InChI is InChI=1S/C14H11ClN2OS/c15-10-4-5-13-12(9-10)14(18)17(19-13)8-6-11-3-1-2-7-16-11/h1-5,7,9H,6,8H2. The number of halogens is 1. The number of hydrogen-bond acceptors (Lipinski definition) is 3. The summed E-state index contributed by atoms with van der Waals surface area (Å²) in [7, 11) is 0. The van der Waals surface area contributed by atoms with Gasteiger partial charge in [0, 0.05) is 29.9 Å². The van der Waals surface area contributed by atoms with Crippen molar-refractivity contribution in [1.82, 2.24) is 8.94 Å². The molecule has 2 heterocycles. The number of pyridine rings is 1. The molecule has 0 bridgehead atoms. The smallest absolute Gasteiger partial charge is 0.268 e. The number of rotatable bonds is 3. The first-order chi connectivity index (χ1) is 9.24. The molecule has 0 spiro atoms. The van der Waals surface area contributed by atoms with Crippen molar-refractivity contribution < 1.29 is 0 Å². The van der Waals surface area contributed by atoms with Crippen LogP contribution in [0.15, 0.2) is 47.4 Å². The molecule has 0 amide bonds. The van der Waals surface area contributed by atoms with Gasteiger partial charge in [0.25, 0.3) is 5.56 Å². The molecule has 3 nitrogen and oxygen atoms in total. The first-order valence-electron chi connectivity index (χ1n) is 5.93. The lowest BCUT2D eigenvalue weighted by Crippen LogP contribution is -2.14. The first-order valence-corrected chi connectivity index (χ1v) is 7.08. The van der Waals surface area contributed by atoms with Crippen molar-refractivity contribution >= 4 is 33.2 Å². The van der Waals surface area contributed by atoms with Crippen LogP contribution in [0.5, 0.6) is 0 Å². The number of aryl methyl sites for hydroxylation is 2. The molecule has 0 unspecified atom stereocenters. The van der Waals surface area contributed by atoms with Gasteiger partial charge in [-0.1, -0.05) is 29.2 Å². The summed E-state index contributed by atoms with van der Waals surface area (Å²) in [5, 5.41) is 1.29. The van der Waals surface area contributed by atoms with Gasteiger partial charge >= 0.3 is 0 Å². The lowest BCUT2D eigenvalue weighted by Gasteiger charge is -1.99. The third kappa shape index (κ3) is 2.55. The van der Waals surface area contributed by atoms with Crippen molar-refractivity contribution in [2.24, 2.45) is 0 Å². The summed E-state index contributed by atoms with van der Waals surface area (Å²) in [5.74, 6) is 0. The van der Waals surface area contributed by atoms with Gasteiger partial charge in [-0.05, 0) is 30.3 Å². The van der Waals surface area contributed by atoms with Crippen LogP contribution in [-0.2, 0) is 13.0 Å². The molecule has 0 radical (unpaired) electrons. The van der Waals surface area contributed by atoms with Crippen LogP contribution in [0.3, 0.4) is 0 Å². The van der Waals surface area contributed by atoms with Crippen molar-refractivity contribution in [3.63, 3.8) is 0 Å². The average Bonchev–Trinajstić information content (AvgIpc) is 2.74. The second-order valence-electron chi connectivity index (χ2n) is 4.21. The number of nitrogens with zero attached hydrogens (tertiary/aromatic N) is 2. The van der Waals surface area contributed by atoms with E-state index in [-0.39, 0.29) is 5.56 Å². The maximum atomic E-state index is 12.2. The minimum Gasteiger partial charge on any atom is -0.268 e. The molecular formula is C14H11ClN2OS. The highest BCUT2D eigenvalue weighted by Gasteiger charge is 2.08. The topological polar surface area (TPSA) is 34.9 Å². The largest absolute Gasteiger partial charge is 0.268 e. The lowest BCUT2D eigenvalue weighted by molar-refractivity contribution is 0.723. The maximum absolute atomic E-state index is 12.2. The van der Waals surface area contributed by atoms with Gasteiger partial charge in [0.05, 0.1) is 10.1 Å². The molecule has 3 rings (SSSR count). The van der Waals surface area contributed by atoms with E-state index >= 15 is 0 Å². The molecule has 0 aliphatic carbocycles. The Morgan fingerprint density at radius 3 is 2.95 bits per heavy atom. The Bertz CT molecular complexity index is 764. The van der Waals surface area contributed by atoms with Gasteiger partial charge < -0.3 is 0 Å². The molecule has 0 N–H and O–H groups in total. The predicted octanol–water partition coefficient (Wildman–Crippen LogP) is 3.35. The van der Waals surface area contributed by atoms with Gasteiger partial charge in [-0.25, -0.2) is 0 Å². The molecule has 0 fully saturated rings. The molecule has 19 heavy (non-hydrogen) atoms. The SMILES string of the molecule is O=c1c2cc(Cl)ccc2sn1CCc1ccccn1. The molecule has 96 valence electrons. The third-order valence-corrected chi connectivity index (χ3v) is 4.26. The summed E-state index contributed by atoms with van der Waals surface area (Å²) in [6.07, 6.45) is 2.52. The lowest BCUT2D eigenvalue weighted by atomic mass is 10.2. The predicted molar refractivity (Wildman–Crippen MR) is 79.0 cm³/mol. The van der Waals surface area contributed by atoms with Crippen LogP contribution in [0, 0.1) is 0 Å². The van der Waals surface area contributed by atoms with Gasteiger partial charge in [0.15, 0.2) is 0 Å². The fraction of sp³-hybridized carbons (Fsp3) is 0.143. The van der Waals surface area contributed by atoms with Crippen LogP contribution < -0.4 is 5.56 Å². The second-order valence-corrected chi connectivity index (χ2v) is 5.71. The Kier molecular flexibility index (Phi) is 3.36. The monoisotopic (exact) mass is 290 g/mol. The molecule has 0 saturated carbocycles. The van der Waals surface area contributed by atoms with E-state index in [2.05, 4.69) is 4.98 Å². The van der Waals surface area contributed by atoms with Gasteiger partial charge in [-0.3, -0.25) is 13.7 Å². The Morgan fingerprint density at radius 1 is 1.26 bits per heavy atom. The molecule has 0 aliphatic heterocycles. The zero-order valence-corrected chi connectivity index (χ0v) is 11.6. The van der Waals surface area contributed by atoms with Gasteiger partial charge in [0.1, 0.15) is 0 Å². The van der Waals surface area contributed by atoms with E-state index in [4.69, 9.17) is 11.6 Å². The maximum Gasteiger partial charge on any atom is 0.268 e. The van der Waals surface area contributed by atoms with Crippen LogP contribution in [0.25, 0.3) is 10.1 Å². The zero-order chi connectivity index (χ0) is 13.2. The van der Waals surface area contributed by atoms with Crippen LogP contribution in [0.1, 0.15) is 5.69 Å². The van der Waals surface area contributed by atoms with E-state index in [1.165, 1.54) is 11.5 Å². The Balaban J connectivity index is 1.89. The highest BCUT2D eigenvalue weighted by molar-refractivity contribution is 7.13. The van der Waals surface area contributed by atoms with Crippen molar-refractivity contribution in [1.29, 1.82) is 0 Å². The van der Waals surface area contributed by atoms with Gasteiger partial charge in [-0.15, -0.1) is 0 Å². The molecule has 0 atom stereocenters. The summed E-state index contributed by atoms with van der Waals surface area (Å²) in [4.78, 5) is 16.5. The van der Waals surface area contributed by atoms with Crippen molar-refractivity contribution in [2.45, 2.75) is 13.0 Å². The van der Waals surface area contributed by atoms with E-state index in [9.17, 15) is 4.79 Å². The fourth-order valence-corrected chi connectivity index (χ4v) is 3.10. The van der Waals surface area contributed by atoms with Crippen LogP contribution in [-0.4, -0.2) is 8.94 Å². The molecule has 5 heteroatoms. The minimum atomic E-state index is 0.0263. The molecule has 0 aliphatic rings. The molecule has 2 aromatic heterocycles. The summed E-state index contributed by atoms with van der Waals surface area (Å²) >= 11 is 7.39. The van der Waals surface area contributed by atoms with Crippen molar-refractivity contribution in [3.05, 3.63) is 63.7 Å². The van der Waals surface area contributed by atoms with E-state index in [1.807, 2.05) is 30.3 Å². The average molecular weight is 291 g/mol. The summed E-state index contributed by atoms with van der Waals surface area (Å²) in [6, 6.07) is 11.2. The highest BCUT2D eigenvalue weighted by atomic mass is 35.5. The number of fused-ring (bicyclic) bond motifs is 1. The van der Waals surface area contributed by atoms with Crippen LogP contribution >= 0.6 is 23.1 Å². The quantitative estimate of drug-likeness (QED) is 0.741. The molecule has 3 aromatic rings. The number of aromatic nitrogens is 2. The Labute approximate surface area is 119 Å². The van der Waals surface area contributed by atoms with Gasteiger partial charge in [-0.2, -0.15) is 0 Å². The Hall–Kier alpha value is -1.65. The highest BCUT2D eigenvalue weighted by Crippen LogP contribution is 2.20. The van der Waals surface area contributed by atoms with Crippen LogP contribution in [0.2, 0.25) is 5.02 Å². The van der Waals surface area contributed by atoms with Crippen molar-refractivity contribution in [2.75, 3.05) is 0 Å². The first kappa shape index (κ1) is 12.4.